The van der Waals surface area contributed by atoms with E-state index < -0.39 is 0 Å². The minimum Gasteiger partial charge on any atom is -0.462 e. The zero-order valence-corrected chi connectivity index (χ0v) is 15.0. The van der Waals surface area contributed by atoms with Gasteiger partial charge in [0, 0.05) is 10.6 Å². The van der Waals surface area contributed by atoms with Crippen molar-refractivity contribution in [1.29, 1.82) is 0 Å². The van der Waals surface area contributed by atoms with E-state index >= 15 is 0 Å². The Labute approximate surface area is 147 Å². The maximum absolute atomic E-state index is 11.6. The summed E-state index contributed by atoms with van der Waals surface area (Å²) >= 11 is 1.84. The predicted octanol–water partition coefficient (Wildman–Crippen LogP) is 6.03. The smallest absolute Gasteiger partial charge is 0.338 e. The summed E-state index contributed by atoms with van der Waals surface area (Å²) < 4.78 is 4.95. The zero-order valence-electron chi connectivity index (χ0n) is 14.2. The molecule has 4 nitrogen and oxygen atoms in total. The second-order valence-electron chi connectivity index (χ2n) is 5.67. The normalized spacial score (nSPS) is 11.2. The Balaban J connectivity index is 1.96. The number of hydrogen-bond acceptors (Lipinski definition) is 5. The molecule has 2 aromatic carbocycles. The highest BCUT2D eigenvalue weighted by Crippen LogP contribution is 2.25. The van der Waals surface area contributed by atoms with Gasteiger partial charge in [-0.25, -0.2) is 4.79 Å². The van der Waals surface area contributed by atoms with Crippen molar-refractivity contribution in [2.24, 2.45) is 16.1 Å². The molecule has 2 rings (SSSR count). The van der Waals surface area contributed by atoms with Crippen LogP contribution in [0.1, 0.15) is 31.1 Å². The number of carbonyl (C=O) groups excluding carboxylic acids is 1. The number of azo groups is 1. The van der Waals surface area contributed by atoms with Gasteiger partial charge in [0.15, 0.2) is 0 Å². The summed E-state index contributed by atoms with van der Waals surface area (Å²) in [6.07, 6.45) is 0. The molecule has 0 aliphatic carbocycles. The third-order valence-corrected chi connectivity index (χ3v) is 4.52. The first-order valence-corrected chi connectivity index (χ1v) is 8.99. The Morgan fingerprint density at radius 2 is 1.54 bits per heavy atom. The molecule has 0 unspecified atom stereocenters. The van der Waals surface area contributed by atoms with E-state index in [2.05, 4.69) is 36.2 Å². The zero-order chi connectivity index (χ0) is 17.4. The molecule has 126 valence electrons. The van der Waals surface area contributed by atoms with E-state index in [9.17, 15) is 4.79 Å². The molecule has 0 fully saturated rings. The maximum atomic E-state index is 11.6. The van der Waals surface area contributed by atoms with E-state index in [0.717, 1.165) is 11.4 Å². The third-order valence-electron chi connectivity index (χ3n) is 3.08. The molecule has 0 amide bonds. The Morgan fingerprint density at radius 3 is 2.04 bits per heavy atom. The lowest BCUT2D eigenvalue weighted by Gasteiger charge is -2.04. The Hall–Kier alpha value is -2.14. The highest BCUT2D eigenvalue weighted by molar-refractivity contribution is 7.99. The van der Waals surface area contributed by atoms with Gasteiger partial charge in [-0.05, 0) is 61.4 Å². The molecular formula is C19H22N2O2S. The molecule has 24 heavy (non-hydrogen) atoms. The van der Waals surface area contributed by atoms with Gasteiger partial charge in [0.2, 0.25) is 0 Å². The molecule has 0 aliphatic heterocycles. The Bertz CT molecular complexity index is 680. The van der Waals surface area contributed by atoms with E-state index in [-0.39, 0.29) is 5.97 Å². The van der Waals surface area contributed by atoms with Crippen molar-refractivity contribution in [2.75, 3.05) is 12.4 Å². The molecular weight excluding hydrogens is 320 g/mol. The van der Waals surface area contributed by atoms with Gasteiger partial charge < -0.3 is 4.74 Å². The summed E-state index contributed by atoms with van der Waals surface area (Å²) in [5, 5.41) is 8.42. The third kappa shape index (κ3) is 5.81. The van der Waals surface area contributed by atoms with Crippen LogP contribution in [0.2, 0.25) is 0 Å². The fraction of sp³-hybridized carbons (Fsp3) is 0.316. The molecule has 0 spiro atoms. The summed E-state index contributed by atoms with van der Waals surface area (Å²) in [6.45, 7) is 6.57. The van der Waals surface area contributed by atoms with Crippen LogP contribution in [0.3, 0.4) is 0 Å². The molecule has 0 heterocycles. The van der Waals surface area contributed by atoms with Gasteiger partial charge in [0.1, 0.15) is 0 Å². The summed E-state index contributed by atoms with van der Waals surface area (Å²) in [7, 11) is 0. The number of nitrogens with zero attached hydrogens (tertiary/aromatic N) is 2. The van der Waals surface area contributed by atoms with Gasteiger partial charge in [-0.3, -0.25) is 0 Å². The van der Waals surface area contributed by atoms with Crippen LogP contribution in [0.15, 0.2) is 63.7 Å². The Kier molecular flexibility index (Phi) is 7.00. The van der Waals surface area contributed by atoms with Crippen LogP contribution in [0.4, 0.5) is 11.4 Å². The average Bonchev–Trinajstić information content (AvgIpc) is 2.59. The highest BCUT2D eigenvalue weighted by atomic mass is 32.2. The van der Waals surface area contributed by atoms with Gasteiger partial charge in [0.05, 0.1) is 23.5 Å². The van der Waals surface area contributed by atoms with Crippen molar-refractivity contribution in [2.45, 2.75) is 25.7 Å². The minimum atomic E-state index is -0.324. The van der Waals surface area contributed by atoms with Crippen molar-refractivity contribution >= 4 is 29.1 Å². The van der Waals surface area contributed by atoms with E-state index in [1.807, 2.05) is 23.9 Å². The average molecular weight is 342 g/mol. The van der Waals surface area contributed by atoms with Crippen molar-refractivity contribution in [1.82, 2.24) is 0 Å². The monoisotopic (exact) mass is 342 g/mol. The predicted molar refractivity (Wildman–Crippen MR) is 98.6 cm³/mol. The summed E-state index contributed by atoms with van der Waals surface area (Å²) in [6, 6.07) is 14.9. The van der Waals surface area contributed by atoms with Crippen LogP contribution >= 0.6 is 11.8 Å². The molecule has 0 saturated carbocycles. The lowest BCUT2D eigenvalue weighted by molar-refractivity contribution is 0.0526. The van der Waals surface area contributed by atoms with Gasteiger partial charge >= 0.3 is 5.97 Å². The number of hydrogen-bond donors (Lipinski definition) is 0. The number of ether oxygens (including phenoxy) is 1. The van der Waals surface area contributed by atoms with E-state index in [1.54, 1.807) is 31.2 Å². The van der Waals surface area contributed by atoms with Crippen LogP contribution in [-0.2, 0) is 4.74 Å². The molecule has 0 saturated heterocycles. The lowest BCUT2D eigenvalue weighted by atomic mass is 10.2. The maximum Gasteiger partial charge on any atom is 0.338 e. The number of rotatable bonds is 7. The van der Waals surface area contributed by atoms with E-state index in [0.29, 0.717) is 23.8 Å². The number of thioether (sulfide) groups is 1. The number of esters is 1. The lowest BCUT2D eigenvalue weighted by Crippen LogP contribution is -2.03. The number of carbonyl (C=O) groups is 1. The molecule has 0 aliphatic rings. The van der Waals surface area contributed by atoms with Crippen LogP contribution < -0.4 is 0 Å². The van der Waals surface area contributed by atoms with Crippen LogP contribution in [0.5, 0.6) is 0 Å². The van der Waals surface area contributed by atoms with Crippen molar-refractivity contribution in [3.63, 3.8) is 0 Å². The van der Waals surface area contributed by atoms with Gasteiger partial charge in [-0.15, -0.1) is 11.8 Å². The summed E-state index contributed by atoms with van der Waals surface area (Å²) in [4.78, 5) is 12.8. The largest absolute Gasteiger partial charge is 0.462 e. The van der Waals surface area contributed by atoms with Gasteiger partial charge in [-0.1, -0.05) is 13.8 Å². The first kappa shape index (κ1) is 18.2. The van der Waals surface area contributed by atoms with Crippen LogP contribution in [0.25, 0.3) is 0 Å². The quantitative estimate of drug-likeness (QED) is 0.351. The van der Waals surface area contributed by atoms with Crippen molar-refractivity contribution in [3.05, 3.63) is 54.1 Å². The van der Waals surface area contributed by atoms with Gasteiger partial charge in [-0.2, -0.15) is 10.2 Å². The topological polar surface area (TPSA) is 51.0 Å². The standard InChI is InChI=1S/C19H22N2O2S/c1-4-23-19(22)15-5-7-16(8-6-15)20-21-17-9-11-18(12-10-17)24-13-14(2)3/h5-12,14H,4,13H2,1-3H3. The van der Waals surface area contributed by atoms with E-state index in [4.69, 9.17) is 4.74 Å². The van der Waals surface area contributed by atoms with Crippen LogP contribution in [-0.4, -0.2) is 18.3 Å². The van der Waals surface area contributed by atoms with Crippen molar-refractivity contribution < 1.29 is 9.53 Å². The second kappa shape index (κ2) is 9.23. The molecule has 5 heteroatoms. The first-order chi connectivity index (χ1) is 11.6. The first-order valence-electron chi connectivity index (χ1n) is 8.00. The summed E-state index contributed by atoms with van der Waals surface area (Å²) in [5.74, 6) is 1.45. The number of benzene rings is 2. The SMILES string of the molecule is CCOC(=O)c1ccc(N=Nc2ccc(SCC(C)C)cc2)cc1. The fourth-order valence-electron chi connectivity index (χ4n) is 1.87. The molecule has 2 aromatic rings. The Morgan fingerprint density at radius 1 is 1.00 bits per heavy atom. The van der Waals surface area contributed by atoms with E-state index in [1.165, 1.54) is 4.90 Å². The fourth-order valence-corrected chi connectivity index (χ4v) is 2.72. The van der Waals surface area contributed by atoms with Crippen LogP contribution in [0, 0.1) is 5.92 Å². The molecule has 0 atom stereocenters. The van der Waals surface area contributed by atoms with Gasteiger partial charge in [0.25, 0.3) is 0 Å². The molecule has 0 bridgehead atoms. The minimum absolute atomic E-state index is 0.324. The molecule has 0 N–H and O–H groups in total. The molecule has 0 aromatic heterocycles. The highest BCUT2D eigenvalue weighted by Gasteiger charge is 2.05. The molecule has 0 radical (unpaired) electrons. The van der Waals surface area contributed by atoms with Crippen molar-refractivity contribution in [3.8, 4) is 0 Å². The second-order valence-corrected chi connectivity index (χ2v) is 6.76. The summed E-state index contributed by atoms with van der Waals surface area (Å²) in [5.41, 5.74) is 2.02.